The largest absolute Gasteiger partial charge is 0.383 e. The molecule has 4 heteroatoms. The van der Waals surface area contributed by atoms with Gasteiger partial charge in [0.05, 0.1) is 6.61 Å². The topological polar surface area (TPSA) is 29.5 Å². The van der Waals surface area contributed by atoms with E-state index in [1.807, 2.05) is 18.2 Å². The third-order valence-corrected chi connectivity index (χ3v) is 3.48. The second kappa shape index (κ2) is 6.90. The number of methoxy groups -OCH3 is 1. The molecular formula is C14H20BrNO2. The van der Waals surface area contributed by atoms with Gasteiger partial charge in [0.25, 0.3) is 0 Å². The summed E-state index contributed by atoms with van der Waals surface area (Å²) in [5.74, 6) is 0.0708. The molecule has 0 bridgehead atoms. The third kappa shape index (κ3) is 3.82. The minimum absolute atomic E-state index is 0.0708. The van der Waals surface area contributed by atoms with Crippen molar-refractivity contribution in [2.24, 2.45) is 0 Å². The van der Waals surface area contributed by atoms with Crippen molar-refractivity contribution in [1.29, 1.82) is 0 Å². The standard InChI is InChI=1S/C14H20BrNO2/c1-10(2)16(7-8-18-4)12-5-6-13(11(3)17)14(15)9-12/h5-6,9-10H,7-8H2,1-4H3. The number of ether oxygens (including phenoxy) is 1. The van der Waals surface area contributed by atoms with Gasteiger partial charge in [0, 0.05) is 35.4 Å². The molecule has 0 saturated carbocycles. The van der Waals surface area contributed by atoms with Gasteiger partial charge in [0.2, 0.25) is 0 Å². The predicted octanol–water partition coefficient (Wildman–Crippen LogP) is 3.51. The van der Waals surface area contributed by atoms with Gasteiger partial charge in [0.15, 0.2) is 5.78 Å². The number of hydrogen-bond acceptors (Lipinski definition) is 3. The first kappa shape index (κ1) is 15.2. The van der Waals surface area contributed by atoms with Crippen molar-refractivity contribution in [3.8, 4) is 0 Å². The maximum absolute atomic E-state index is 11.4. The van der Waals surface area contributed by atoms with Crippen molar-refractivity contribution in [3.63, 3.8) is 0 Å². The average molecular weight is 314 g/mol. The molecule has 0 aliphatic rings. The van der Waals surface area contributed by atoms with Crippen LogP contribution < -0.4 is 4.90 Å². The highest BCUT2D eigenvalue weighted by molar-refractivity contribution is 9.10. The fraction of sp³-hybridized carbons (Fsp3) is 0.500. The zero-order valence-electron chi connectivity index (χ0n) is 11.4. The zero-order valence-corrected chi connectivity index (χ0v) is 13.0. The van der Waals surface area contributed by atoms with Gasteiger partial charge in [-0.05, 0) is 54.9 Å². The summed E-state index contributed by atoms with van der Waals surface area (Å²) >= 11 is 3.45. The number of benzene rings is 1. The van der Waals surface area contributed by atoms with Gasteiger partial charge in [-0.2, -0.15) is 0 Å². The lowest BCUT2D eigenvalue weighted by Crippen LogP contribution is -2.33. The Morgan fingerprint density at radius 1 is 1.44 bits per heavy atom. The summed E-state index contributed by atoms with van der Waals surface area (Å²) < 4.78 is 5.97. The molecule has 1 aromatic carbocycles. The molecule has 1 rings (SSSR count). The zero-order chi connectivity index (χ0) is 13.7. The Morgan fingerprint density at radius 2 is 2.11 bits per heavy atom. The first-order valence-corrected chi connectivity index (χ1v) is 6.82. The summed E-state index contributed by atoms with van der Waals surface area (Å²) in [6, 6.07) is 6.23. The molecule has 100 valence electrons. The number of Topliss-reactive ketones (excluding diaryl/α,β-unsaturated/α-hetero) is 1. The van der Waals surface area contributed by atoms with Gasteiger partial charge >= 0.3 is 0 Å². The van der Waals surface area contributed by atoms with Gasteiger partial charge in [-0.25, -0.2) is 0 Å². The highest BCUT2D eigenvalue weighted by atomic mass is 79.9. The first-order chi connectivity index (χ1) is 8.47. The summed E-state index contributed by atoms with van der Waals surface area (Å²) in [4.78, 5) is 13.6. The van der Waals surface area contributed by atoms with E-state index in [9.17, 15) is 4.79 Å². The van der Waals surface area contributed by atoms with Crippen molar-refractivity contribution in [2.75, 3.05) is 25.2 Å². The normalized spacial score (nSPS) is 10.8. The summed E-state index contributed by atoms with van der Waals surface area (Å²) in [7, 11) is 1.70. The molecule has 0 aliphatic carbocycles. The van der Waals surface area contributed by atoms with E-state index in [-0.39, 0.29) is 5.78 Å². The van der Waals surface area contributed by atoms with Crippen LogP contribution >= 0.6 is 15.9 Å². The molecule has 0 aromatic heterocycles. The van der Waals surface area contributed by atoms with Crippen LogP contribution in [0, 0.1) is 0 Å². The molecule has 0 heterocycles. The number of anilines is 1. The second-order valence-corrected chi connectivity index (χ2v) is 5.35. The highest BCUT2D eigenvalue weighted by Crippen LogP contribution is 2.25. The molecule has 0 unspecified atom stereocenters. The quantitative estimate of drug-likeness (QED) is 0.753. The summed E-state index contributed by atoms with van der Waals surface area (Å²) in [6.45, 7) is 7.38. The number of halogens is 1. The van der Waals surface area contributed by atoms with E-state index in [1.54, 1.807) is 14.0 Å². The van der Waals surface area contributed by atoms with Crippen LogP contribution in [0.15, 0.2) is 22.7 Å². The molecule has 0 aliphatic heterocycles. The summed E-state index contributed by atoms with van der Waals surface area (Å²) in [5, 5.41) is 0. The number of ketones is 1. The molecule has 0 spiro atoms. The highest BCUT2D eigenvalue weighted by Gasteiger charge is 2.13. The molecule has 0 atom stereocenters. The van der Waals surface area contributed by atoms with Crippen LogP contribution in [0.2, 0.25) is 0 Å². The smallest absolute Gasteiger partial charge is 0.160 e. The van der Waals surface area contributed by atoms with Crippen LogP contribution in [-0.4, -0.2) is 32.1 Å². The van der Waals surface area contributed by atoms with Crippen LogP contribution in [-0.2, 0) is 4.74 Å². The number of carbonyl (C=O) groups excluding carboxylic acids is 1. The van der Waals surface area contributed by atoms with Gasteiger partial charge in [0.1, 0.15) is 0 Å². The third-order valence-electron chi connectivity index (χ3n) is 2.82. The number of nitrogens with zero attached hydrogens (tertiary/aromatic N) is 1. The Bertz CT molecular complexity index is 418. The maximum atomic E-state index is 11.4. The van der Waals surface area contributed by atoms with Gasteiger partial charge in [-0.1, -0.05) is 0 Å². The molecule has 1 aromatic rings. The Kier molecular flexibility index (Phi) is 5.82. The fourth-order valence-corrected chi connectivity index (χ4v) is 2.49. The van der Waals surface area contributed by atoms with E-state index in [0.29, 0.717) is 18.2 Å². The van der Waals surface area contributed by atoms with Crippen LogP contribution in [0.5, 0.6) is 0 Å². The maximum Gasteiger partial charge on any atom is 0.160 e. The molecular weight excluding hydrogens is 294 g/mol. The van der Waals surface area contributed by atoms with E-state index in [4.69, 9.17) is 4.74 Å². The molecule has 3 nitrogen and oxygen atoms in total. The molecule has 0 N–H and O–H groups in total. The van der Waals surface area contributed by atoms with Gasteiger partial charge < -0.3 is 9.64 Å². The van der Waals surface area contributed by atoms with Crippen molar-refractivity contribution in [3.05, 3.63) is 28.2 Å². The lowest BCUT2D eigenvalue weighted by Gasteiger charge is -2.29. The first-order valence-electron chi connectivity index (χ1n) is 6.03. The van der Waals surface area contributed by atoms with Crippen LogP contribution in [0.4, 0.5) is 5.69 Å². The van der Waals surface area contributed by atoms with E-state index >= 15 is 0 Å². The van der Waals surface area contributed by atoms with Crippen LogP contribution in [0.1, 0.15) is 31.1 Å². The minimum atomic E-state index is 0.0708. The minimum Gasteiger partial charge on any atom is -0.383 e. The van der Waals surface area contributed by atoms with Crippen molar-refractivity contribution < 1.29 is 9.53 Å². The van der Waals surface area contributed by atoms with Crippen LogP contribution in [0.25, 0.3) is 0 Å². The SMILES string of the molecule is COCCN(c1ccc(C(C)=O)c(Br)c1)C(C)C. The lowest BCUT2D eigenvalue weighted by molar-refractivity contribution is 0.101. The summed E-state index contributed by atoms with van der Waals surface area (Å²) in [6.07, 6.45) is 0. The van der Waals surface area contributed by atoms with Gasteiger partial charge in [-0.15, -0.1) is 0 Å². The number of hydrogen-bond donors (Lipinski definition) is 0. The fourth-order valence-electron chi connectivity index (χ4n) is 1.84. The van der Waals surface area contributed by atoms with E-state index < -0.39 is 0 Å². The Hall–Kier alpha value is -0.870. The molecule has 18 heavy (non-hydrogen) atoms. The molecule has 0 saturated heterocycles. The Balaban J connectivity index is 2.99. The van der Waals surface area contributed by atoms with Crippen molar-refractivity contribution in [2.45, 2.75) is 26.8 Å². The molecule has 0 fully saturated rings. The van der Waals surface area contributed by atoms with E-state index in [1.165, 1.54) is 0 Å². The molecule has 0 radical (unpaired) electrons. The van der Waals surface area contributed by atoms with E-state index in [0.717, 1.165) is 16.7 Å². The second-order valence-electron chi connectivity index (χ2n) is 4.50. The Labute approximate surface area is 117 Å². The van der Waals surface area contributed by atoms with Crippen LogP contribution in [0.3, 0.4) is 0 Å². The summed E-state index contributed by atoms with van der Waals surface area (Å²) in [5.41, 5.74) is 1.81. The Morgan fingerprint density at radius 3 is 2.56 bits per heavy atom. The number of rotatable bonds is 6. The van der Waals surface area contributed by atoms with E-state index in [2.05, 4.69) is 34.7 Å². The van der Waals surface area contributed by atoms with Gasteiger partial charge in [-0.3, -0.25) is 4.79 Å². The predicted molar refractivity (Wildman–Crippen MR) is 78.5 cm³/mol. The molecule has 0 amide bonds. The lowest BCUT2D eigenvalue weighted by atomic mass is 10.1. The van der Waals surface area contributed by atoms with Crippen molar-refractivity contribution in [1.82, 2.24) is 0 Å². The monoisotopic (exact) mass is 313 g/mol. The van der Waals surface area contributed by atoms with Crippen molar-refractivity contribution >= 4 is 27.4 Å². The average Bonchev–Trinajstić information content (AvgIpc) is 2.28. The number of carbonyl (C=O) groups is 1.